The maximum absolute atomic E-state index is 11.3. The van der Waals surface area contributed by atoms with Gasteiger partial charge in [0.05, 0.1) is 13.0 Å². The molecule has 0 radical (unpaired) electrons. The molecule has 0 spiro atoms. The fraction of sp³-hybridized carbons (Fsp3) is 0.500. The lowest BCUT2D eigenvalue weighted by atomic mass is 10.1. The number of aryl methyl sites for hydroxylation is 1. The van der Waals surface area contributed by atoms with Gasteiger partial charge in [-0.05, 0) is 26.8 Å². The van der Waals surface area contributed by atoms with Crippen molar-refractivity contribution in [3.63, 3.8) is 0 Å². The third-order valence-corrected chi connectivity index (χ3v) is 2.62. The lowest BCUT2D eigenvalue weighted by Crippen LogP contribution is -2.24. The average molecular weight is 250 g/mol. The van der Waals surface area contributed by atoms with Crippen LogP contribution < -0.4 is 15.8 Å². The van der Waals surface area contributed by atoms with Crippen LogP contribution in [-0.2, 0) is 4.79 Å². The minimum atomic E-state index is -0.0793. The van der Waals surface area contributed by atoms with Crippen molar-refractivity contribution >= 4 is 5.91 Å². The number of nitrogens with two attached hydrogens (primary N) is 1. The van der Waals surface area contributed by atoms with E-state index in [9.17, 15) is 4.79 Å². The van der Waals surface area contributed by atoms with Crippen molar-refractivity contribution in [2.24, 2.45) is 5.73 Å². The lowest BCUT2D eigenvalue weighted by Gasteiger charge is -2.14. The molecule has 0 aliphatic carbocycles. The monoisotopic (exact) mass is 250 g/mol. The topological polar surface area (TPSA) is 64.3 Å². The minimum absolute atomic E-state index is 0.00644. The van der Waals surface area contributed by atoms with Crippen LogP contribution in [0.4, 0.5) is 0 Å². The Hall–Kier alpha value is -1.55. The van der Waals surface area contributed by atoms with E-state index in [0.29, 0.717) is 19.6 Å². The molecule has 0 aromatic heterocycles. The second-order valence-corrected chi connectivity index (χ2v) is 4.38. The van der Waals surface area contributed by atoms with Crippen molar-refractivity contribution in [3.05, 3.63) is 29.3 Å². The molecular weight excluding hydrogens is 228 g/mol. The number of carbonyl (C=O) groups excluding carboxylic acids is 1. The van der Waals surface area contributed by atoms with Crippen LogP contribution in [0.2, 0.25) is 0 Å². The maximum atomic E-state index is 11.3. The van der Waals surface area contributed by atoms with Gasteiger partial charge in [-0.1, -0.05) is 17.7 Å². The minimum Gasteiger partial charge on any atom is -0.493 e. The molecule has 0 aliphatic heterocycles. The van der Waals surface area contributed by atoms with Gasteiger partial charge in [0.1, 0.15) is 5.75 Å². The van der Waals surface area contributed by atoms with Gasteiger partial charge in [-0.3, -0.25) is 4.79 Å². The molecule has 0 fully saturated rings. The molecule has 1 atom stereocenters. The summed E-state index contributed by atoms with van der Waals surface area (Å²) in [5, 5.41) is 2.73. The number of amides is 1. The Labute approximate surface area is 109 Å². The van der Waals surface area contributed by atoms with Crippen LogP contribution in [0.15, 0.2) is 18.2 Å². The molecule has 100 valence electrons. The number of benzene rings is 1. The molecule has 3 N–H and O–H groups in total. The third kappa shape index (κ3) is 4.37. The summed E-state index contributed by atoms with van der Waals surface area (Å²) in [7, 11) is 0. The predicted molar refractivity (Wildman–Crippen MR) is 72.6 cm³/mol. The second-order valence-electron chi connectivity index (χ2n) is 4.38. The Kier molecular flexibility index (Phi) is 5.65. The first-order chi connectivity index (χ1) is 8.54. The van der Waals surface area contributed by atoms with Crippen LogP contribution in [0.25, 0.3) is 0 Å². The molecule has 4 nitrogen and oxygen atoms in total. The predicted octanol–water partition coefficient (Wildman–Crippen LogP) is 1.92. The van der Waals surface area contributed by atoms with Gasteiger partial charge >= 0.3 is 0 Å². The summed E-state index contributed by atoms with van der Waals surface area (Å²) in [5.74, 6) is 0.770. The van der Waals surface area contributed by atoms with Crippen molar-refractivity contribution in [1.29, 1.82) is 0 Å². The first-order valence-corrected chi connectivity index (χ1v) is 6.30. The highest BCUT2D eigenvalue weighted by Crippen LogP contribution is 2.25. The largest absolute Gasteiger partial charge is 0.493 e. The standard InChI is InChI=1S/C14H22N2O2/c1-4-16-14(17)7-8-18-13-6-5-10(2)9-12(13)11(3)15/h5-6,9,11H,4,7-8,15H2,1-3H3,(H,16,17)/t11-/m0/s1. The number of nitrogens with one attached hydrogen (secondary N) is 1. The molecule has 18 heavy (non-hydrogen) atoms. The fourth-order valence-corrected chi connectivity index (χ4v) is 1.69. The van der Waals surface area contributed by atoms with E-state index in [0.717, 1.165) is 16.9 Å². The molecule has 1 rings (SSSR count). The molecule has 1 aromatic rings. The fourth-order valence-electron chi connectivity index (χ4n) is 1.69. The molecular formula is C14H22N2O2. The summed E-state index contributed by atoms with van der Waals surface area (Å²) in [6.07, 6.45) is 0.361. The van der Waals surface area contributed by atoms with Gasteiger partial charge in [0.25, 0.3) is 0 Å². The molecule has 1 aromatic carbocycles. The van der Waals surface area contributed by atoms with Gasteiger partial charge in [-0.25, -0.2) is 0 Å². The van der Waals surface area contributed by atoms with Crippen LogP contribution in [0.1, 0.15) is 37.4 Å². The highest BCUT2D eigenvalue weighted by molar-refractivity contribution is 5.75. The second kappa shape index (κ2) is 7.01. The van der Waals surface area contributed by atoms with Crippen molar-refractivity contribution in [3.8, 4) is 5.75 Å². The zero-order valence-electron chi connectivity index (χ0n) is 11.3. The summed E-state index contributed by atoms with van der Waals surface area (Å²) in [5.41, 5.74) is 8.03. The Morgan fingerprint density at radius 2 is 2.22 bits per heavy atom. The summed E-state index contributed by atoms with van der Waals surface area (Å²) in [4.78, 5) is 11.3. The smallest absolute Gasteiger partial charge is 0.223 e. The van der Waals surface area contributed by atoms with E-state index >= 15 is 0 Å². The van der Waals surface area contributed by atoms with Gasteiger partial charge in [0.15, 0.2) is 0 Å². The van der Waals surface area contributed by atoms with E-state index in [1.54, 1.807) is 0 Å². The molecule has 0 heterocycles. The molecule has 1 amide bonds. The van der Waals surface area contributed by atoms with Crippen molar-refractivity contribution in [1.82, 2.24) is 5.32 Å². The molecule has 0 bridgehead atoms. The van der Waals surface area contributed by atoms with E-state index in [1.165, 1.54) is 0 Å². The first kappa shape index (κ1) is 14.5. The van der Waals surface area contributed by atoms with E-state index < -0.39 is 0 Å². The molecule has 0 unspecified atom stereocenters. The number of hydrogen-bond donors (Lipinski definition) is 2. The highest BCUT2D eigenvalue weighted by atomic mass is 16.5. The van der Waals surface area contributed by atoms with Crippen molar-refractivity contribution in [2.45, 2.75) is 33.2 Å². The van der Waals surface area contributed by atoms with E-state index in [1.807, 2.05) is 39.0 Å². The number of hydrogen-bond acceptors (Lipinski definition) is 3. The Morgan fingerprint density at radius 1 is 1.50 bits per heavy atom. The summed E-state index contributed by atoms with van der Waals surface area (Å²) in [6.45, 7) is 6.85. The molecule has 0 aliphatic rings. The SMILES string of the molecule is CCNC(=O)CCOc1ccc(C)cc1[C@H](C)N. The number of rotatable bonds is 6. The van der Waals surface area contributed by atoms with Gasteiger partial charge < -0.3 is 15.8 Å². The van der Waals surface area contributed by atoms with E-state index in [2.05, 4.69) is 5.32 Å². The van der Waals surface area contributed by atoms with Crippen LogP contribution >= 0.6 is 0 Å². The average Bonchev–Trinajstić information content (AvgIpc) is 2.31. The Morgan fingerprint density at radius 3 is 2.83 bits per heavy atom. The third-order valence-electron chi connectivity index (χ3n) is 2.62. The van der Waals surface area contributed by atoms with Crippen LogP contribution in [0, 0.1) is 6.92 Å². The summed E-state index contributed by atoms with van der Waals surface area (Å²) < 4.78 is 5.63. The highest BCUT2D eigenvalue weighted by Gasteiger charge is 2.09. The number of ether oxygens (including phenoxy) is 1. The Bertz CT molecular complexity index is 403. The summed E-state index contributed by atoms with van der Waals surface area (Å²) in [6, 6.07) is 5.83. The first-order valence-electron chi connectivity index (χ1n) is 6.30. The van der Waals surface area contributed by atoms with Gasteiger partial charge in [0.2, 0.25) is 5.91 Å². The van der Waals surface area contributed by atoms with Crippen LogP contribution in [-0.4, -0.2) is 19.1 Å². The van der Waals surface area contributed by atoms with Crippen molar-refractivity contribution in [2.75, 3.05) is 13.2 Å². The van der Waals surface area contributed by atoms with Crippen molar-refractivity contribution < 1.29 is 9.53 Å². The van der Waals surface area contributed by atoms with Crippen LogP contribution in [0.3, 0.4) is 0 Å². The normalized spacial score (nSPS) is 12.0. The Balaban J connectivity index is 2.59. The van der Waals surface area contributed by atoms with E-state index in [4.69, 9.17) is 10.5 Å². The number of carbonyl (C=O) groups is 1. The quantitative estimate of drug-likeness (QED) is 0.810. The zero-order valence-corrected chi connectivity index (χ0v) is 11.3. The molecule has 0 saturated carbocycles. The van der Waals surface area contributed by atoms with Gasteiger partial charge in [-0.2, -0.15) is 0 Å². The maximum Gasteiger partial charge on any atom is 0.223 e. The lowest BCUT2D eigenvalue weighted by molar-refractivity contribution is -0.121. The van der Waals surface area contributed by atoms with Crippen LogP contribution in [0.5, 0.6) is 5.75 Å². The van der Waals surface area contributed by atoms with Gasteiger partial charge in [-0.15, -0.1) is 0 Å². The molecule has 0 saturated heterocycles. The zero-order chi connectivity index (χ0) is 13.5. The van der Waals surface area contributed by atoms with E-state index in [-0.39, 0.29) is 11.9 Å². The molecule has 4 heteroatoms. The van der Waals surface area contributed by atoms with Gasteiger partial charge in [0, 0.05) is 18.2 Å². The summed E-state index contributed by atoms with van der Waals surface area (Å²) >= 11 is 0.